The predicted molar refractivity (Wildman–Crippen MR) is 97.7 cm³/mol. The smallest absolute Gasteiger partial charge is 0.315 e. The zero-order valence-corrected chi connectivity index (χ0v) is 15.2. The van der Waals surface area contributed by atoms with Gasteiger partial charge in [0.15, 0.2) is 0 Å². The van der Waals surface area contributed by atoms with Gasteiger partial charge in [0.2, 0.25) is 0 Å². The molecule has 0 unspecified atom stereocenters. The van der Waals surface area contributed by atoms with E-state index in [2.05, 4.69) is 34.9 Å². The summed E-state index contributed by atoms with van der Waals surface area (Å²) in [5.41, 5.74) is 0.863. The van der Waals surface area contributed by atoms with E-state index in [9.17, 15) is 4.79 Å². The van der Waals surface area contributed by atoms with Crippen molar-refractivity contribution in [3.63, 3.8) is 0 Å². The minimum Gasteiger partial charge on any atom is -0.381 e. The highest BCUT2D eigenvalue weighted by Gasteiger charge is 2.37. The number of benzene rings is 1. The zero-order chi connectivity index (χ0) is 17.6. The van der Waals surface area contributed by atoms with E-state index < -0.39 is 0 Å². The highest BCUT2D eigenvalue weighted by atomic mass is 16.5. The molecule has 0 atom stereocenters. The molecule has 1 aliphatic heterocycles. The van der Waals surface area contributed by atoms with Gasteiger partial charge in [-0.15, -0.1) is 0 Å². The number of methoxy groups -OCH3 is 1. The highest BCUT2D eigenvalue weighted by Crippen LogP contribution is 2.33. The SMILES string of the molecule is COC1(CNC(=O)NC2(Cc3ccccc3)CCCC2)CCOCC1. The summed E-state index contributed by atoms with van der Waals surface area (Å²) in [6, 6.07) is 10.4. The number of nitrogens with one attached hydrogen (secondary N) is 2. The summed E-state index contributed by atoms with van der Waals surface area (Å²) in [6.45, 7) is 1.91. The molecule has 0 radical (unpaired) electrons. The lowest BCUT2D eigenvalue weighted by Crippen LogP contribution is -2.55. The first-order chi connectivity index (χ1) is 12.2. The van der Waals surface area contributed by atoms with Gasteiger partial charge >= 0.3 is 6.03 Å². The molecule has 3 rings (SSSR count). The van der Waals surface area contributed by atoms with Gasteiger partial charge in [-0.25, -0.2) is 4.79 Å². The van der Waals surface area contributed by atoms with Crippen molar-refractivity contribution in [1.82, 2.24) is 10.6 Å². The van der Waals surface area contributed by atoms with Crippen LogP contribution in [0.1, 0.15) is 44.1 Å². The van der Waals surface area contributed by atoms with E-state index in [0.717, 1.165) is 32.1 Å². The first-order valence-electron chi connectivity index (χ1n) is 9.38. The number of carbonyl (C=O) groups excluding carboxylic acids is 1. The Morgan fingerprint density at radius 1 is 1.12 bits per heavy atom. The number of amides is 2. The van der Waals surface area contributed by atoms with Crippen LogP contribution < -0.4 is 10.6 Å². The summed E-state index contributed by atoms with van der Waals surface area (Å²) < 4.78 is 11.1. The van der Waals surface area contributed by atoms with Crippen LogP contribution in [0, 0.1) is 0 Å². The molecule has 1 saturated heterocycles. The molecule has 1 saturated carbocycles. The van der Waals surface area contributed by atoms with Gasteiger partial charge in [-0.3, -0.25) is 0 Å². The molecule has 25 heavy (non-hydrogen) atoms. The second-order valence-corrected chi connectivity index (χ2v) is 7.46. The molecule has 5 heteroatoms. The molecule has 1 heterocycles. The van der Waals surface area contributed by atoms with Crippen molar-refractivity contribution in [2.75, 3.05) is 26.9 Å². The molecular weight excluding hydrogens is 316 g/mol. The normalized spacial score (nSPS) is 21.6. The Labute approximate surface area is 150 Å². The van der Waals surface area contributed by atoms with E-state index in [1.165, 1.54) is 18.4 Å². The van der Waals surface area contributed by atoms with Crippen LogP contribution in [0.2, 0.25) is 0 Å². The van der Waals surface area contributed by atoms with Crippen LogP contribution >= 0.6 is 0 Å². The maximum absolute atomic E-state index is 12.6. The van der Waals surface area contributed by atoms with Crippen LogP contribution in [0.3, 0.4) is 0 Å². The van der Waals surface area contributed by atoms with Gasteiger partial charge in [0, 0.05) is 45.2 Å². The van der Waals surface area contributed by atoms with Crippen molar-refractivity contribution in [3.8, 4) is 0 Å². The summed E-state index contributed by atoms with van der Waals surface area (Å²) >= 11 is 0. The first kappa shape index (κ1) is 18.2. The fraction of sp³-hybridized carbons (Fsp3) is 0.650. The third-order valence-corrected chi connectivity index (χ3v) is 5.73. The molecule has 2 N–H and O–H groups in total. The van der Waals surface area contributed by atoms with Crippen LogP contribution in [0.25, 0.3) is 0 Å². The lowest BCUT2D eigenvalue weighted by atomic mass is 9.89. The number of urea groups is 1. The summed E-state index contributed by atoms with van der Waals surface area (Å²) in [6.07, 6.45) is 6.96. The number of hydrogen-bond acceptors (Lipinski definition) is 3. The number of hydrogen-bond donors (Lipinski definition) is 2. The van der Waals surface area contributed by atoms with Crippen LogP contribution in [0.5, 0.6) is 0 Å². The number of rotatable bonds is 6. The van der Waals surface area contributed by atoms with Gasteiger partial charge in [0.25, 0.3) is 0 Å². The van der Waals surface area contributed by atoms with Crippen molar-refractivity contribution < 1.29 is 14.3 Å². The Morgan fingerprint density at radius 3 is 2.44 bits per heavy atom. The predicted octanol–water partition coefficient (Wildman–Crippen LogP) is 3.04. The van der Waals surface area contributed by atoms with Gasteiger partial charge in [-0.05, 0) is 24.8 Å². The summed E-state index contributed by atoms with van der Waals surface area (Å²) in [7, 11) is 1.72. The van der Waals surface area contributed by atoms with E-state index in [0.29, 0.717) is 19.8 Å². The second-order valence-electron chi connectivity index (χ2n) is 7.46. The Morgan fingerprint density at radius 2 is 1.80 bits per heavy atom. The Balaban J connectivity index is 1.57. The van der Waals surface area contributed by atoms with Gasteiger partial charge in [0.05, 0.1) is 5.60 Å². The Kier molecular flexibility index (Phi) is 5.97. The van der Waals surface area contributed by atoms with Crippen molar-refractivity contribution >= 4 is 6.03 Å². The standard InChI is InChI=1S/C20H30N2O3/c1-24-20(11-13-25-14-12-20)16-21-18(23)22-19(9-5-6-10-19)15-17-7-3-2-4-8-17/h2-4,7-8H,5-6,9-16H2,1H3,(H2,21,22,23). The molecule has 0 spiro atoms. The minimum absolute atomic E-state index is 0.0826. The molecule has 2 amide bonds. The lowest BCUT2D eigenvalue weighted by Gasteiger charge is -2.37. The topological polar surface area (TPSA) is 59.6 Å². The molecule has 138 valence electrons. The van der Waals surface area contributed by atoms with Crippen LogP contribution in [0.15, 0.2) is 30.3 Å². The number of carbonyl (C=O) groups is 1. The average molecular weight is 346 g/mol. The monoisotopic (exact) mass is 346 g/mol. The Hall–Kier alpha value is -1.59. The summed E-state index contributed by atoms with van der Waals surface area (Å²) in [5.74, 6) is 0. The quantitative estimate of drug-likeness (QED) is 0.832. The largest absolute Gasteiger partial charge is 0.381 e. The maximum atomic E-state index is 12.6. The number of ether oxygens (including phenoxy) is 2. The third kappa shape index (κ3) is 4.73. The lowest BCUT2D eigenvalue weighted by molar-refractivity contribution is -0.0861. The summed E-state index contributed by atoms with van der Waals surface area (Å²) in [4.78, 5) is 12.6. The van der Waals surface area contributed by atoms with E-state index in [1.54, 1.807) is 7.11 Å². The third-order valence-electron chi connectivity index (χ3n) is 5.73. The molecule has 2 fully saturated rings. The van der Waals surface area contributed by atoms with E-state index >= 15 is 0 Å². The van der Waals surface area contributed by atoms with Crippen molar-refractivity contribution in [1.29, 1.82) is 0 Å². The fourth-order valence-corrected chi connectivity index (χ4v) is 4.11. The van der Waals surface area contributed by atoms with Crippen LogP contribution in [-0.4, -0.2) is 44.0 Å². The van der Waals surface area contributed by atoms with Gasteiger partial charge < -0.3 is 20.1 Å². The fourth-order valence-electron chi connectivity index (χ4n) is 4.11. The van der Waals surface area contributed by atoms with Gasteiger partial charge in [-0.2, -0.15) is 0 Å². The molecule has 2 aliphatic rings. The summed E-state index contributed by atoms with van der Waals surface area (Å²) in [5, 5.41) is 6.34. The highest BCUT2D eigenvalue weighted by molar-refractivity contribution is 5.75. The van der Waals surface area contributed by atoms with E-state index in [-0.39, 0.29) is 17.2 Å². The molecular formula is C20H30N2O3. The molecule has 5 nitrogen and oxygen atoms in total. The van der Waals surface area contributed by atoms with E-state index in [1.807, 2.05) is 6.07 Å². The van der Waals surface area contributed by atoms with Crippen molar-refractivity contribution in [3.05, 3.63) is 35.9 Å². The van der Waals surface area contributed by atoms with Gasteiger partial charge in [0.1, 0.15) is 0 Å². The average Bonchev–Trinajstić information content (AvgIpc) is 3.09. The Bertz CT molecular complexity index is 549. The van der Waals surface area contributed by atoms with Crippen LogP contribution in [-0.2, 0) is 15.9 Å². The van der Waals surface area contributed by atoms with Crippen molar-refractivity contribution in [2.45, 2.75) is 56.1 Å². The molecule has 1 aromatic rings. The van der Waals surface area contributed by atoms with Gasteiger partial charge in [-0.1, -0.05) is 43.2 Å². The molecule has 0 bridgehead atoms. The maximum Gasteiger partial charge on any atom is 0.315 e. The molecule has 1 aromatic carbocycles. The first-order valence-corrected chi connectivity index (χ1v) is 9.38. The van der Waals surface area contributed by atoms with E-state index in [4.69, 9.17) is 9.47 Å². The zero-order valence-electron chi connectivity index (χ0n) is 15.2. The second kappa shape index (κ2) is 8.19. The van der Waals surface area contributed by atoms with Crippen molar-refractivity contribution in [2.24, 2.45) is 0 Å². The molecule has 0 aromatic heterocycles. The molecule has 1 aliphatic carbocycles. The van der Waals surface area contributed by atoms with Crippen LogP contribution in [0.4, 0.5) is 4.79 Å². The minimum atomic E-state index is -0.294.